The van der Waals surface area contributed by atoms with Gasteiger partial charge in [0.15, 0.2) is 11.6 Å². The zero-order valence-corrected chi connectivity index (χ0v) is 25.0. The van der Waals surface area contributed by atoms with Crippen molar-refractivity contribution < 1.29 is 42.7 Å². The number of methoxy groups -OCH3 is 2. The van der Waals surface area contributed by atoms with Gasteiger partial charge < -0.3 is 39.4 Å². The minimum Gasteiger partial charge on any atom is -0.491 e. The molecule has 0 spiro atoms. The van der Waals surface area contributed by atoms with Crippen molar-refractivity contribution in [1.82, 2.24) is 10.2 Å². The zero-order chi connectivity index (χ0) is 30.8. The quantitative estimate of drug-likeness (QED) is 0.236. The number of aryl methyl sites for hydroxylation is 1. The van der Waals surface area contributed by atoms with Crippen LogP contribution in [0.15, 0.2) is 36.4 Å². The molecule has 1 saturated carbocycles. The molecule has 1 aliphatic heterocycles. The molecule has 2 aromatic rings. The van der Waals surface area contributed by atoms with Crippen molar-refractivity contribution in [2.45, 2.75) is 56.4 Å². The van der Waals surface area contributed by atoms with Gasteiger partial charge in [-0.1, -0.05) is 12.1 Å². The predicted octanol–water partition coefficient (Wildman–Crippen LogP) is 2.93. The van der Waals surface area contributed by atoms with Gasteiger partial charge in [0.05, 0.1) is 25.7 Å². The Morgan fingerprint density at radius 3 is 2.53 bits per heavy atom. The van der Waals surface area contributed by atoms with Crippen LogP contribution in [0.1, 0.15) is 42.4 Å². The van der Waals surface area contributed by atoms with Crippen molar-refractivity contribution in [2.75, 3.05) is 60.3 Å². The first kappa shape index (κ1) is 33.2. The number of ether oxygens (including phenoxy) is 4. The highest BCUT2D eigenvalue weighted by Crippen LogP contribution is 2.43. The maximum absolute atomic E-state index is 14.5. The van der Waals surface area contributed by atoms with E-state index in [0.29, 0.717) is 44.2 Å². The molecule has 1 saturated heterocycles. The Morgan fingerprint density at radius 2 is 1.84 bits per heavy atom. The van der Waals surface area contributed by atoms with Gasteiger partial charge in [-0.2, -0.15) is 0 Å². The number of benzene rings is 2. The number of nitrogens with zero attached hydrogens (tertiary/aromatic N) is 1. The SMILES string of the molecule is COCCCc1cc(CN(C(=O)C2CNCCC2(OCC(O)CO)c2ccc(F)c(F)c2)C2CC2)cc(OCCOC)c1. The predicted molar refractivity (Wildman–Crippen MR) is 156 cm³/mol. The molecule has 11 heteroatoms. The fraction of sp³-hybridized carbons (Fsp3) is 0.594. The number of halogens is 2. The van der Waals surface area contributed by atoms with Gasteiger partial charge in [0.2, 0.25) is 5.91 Å². The summed E-state index contributed by atoms with van der Waals surface area (Å²) in [6.45, 7) is 1.72. The van der Waals surface area contributed by atoms with Crippen molar-refractivity contribution in [1.29, 1.82) is 0 Å². The lowest BCUT2D eigenvalue weighted by Gasteiger charge is -2.45. The molecular formula is C32H44F2N2O7. The van der Waals surface area contributed by atoms with Crippen molar-refractivity contribution in [3.05, 3.63) is 64.7 Å². The van der Waals surface area contributed by atoms with E-state index < -0.39 is 35.9 Å². The molecule has 238 valence electrons. The number of piperidine rings is 1. The molecule has 4 rings (SSSR count). The van der Waals surface area contributed by atoms with Crippen molar-refractivity contribution in [3.8, 4) is 5.75 Å². The Hall–Kier alpha value is -2.67. The summed E-state index contributed by atoms with van der Waals surface area (Å²) < 4.78 is 51.0. The second kappa shape index (κ2) is 15.9. The highest BCUT2D eigenvalue weighted by atomic mass is 19.2. The molecule has 43 heavy (non-hydrogen) atoms. The van der Waals surface area contributed by atoms with Gasteiger partial charge in [-0.05, 0) is 79.6 Å². The molecule has 0 bridgehead atoms. The van der Waals surface area contributed by atoms with E-state index in [1.807, 2.05) is 17.0 Å². The molecule has 1 heterocycles. The second-order valence-electron chi connectivity index (χ2n) is 11.3. The van der Waals surface area contributed by atoms with Gasteiger partial charge in [-0.25, -0.2) is 8.78 Å². The van der Waals surface area contributed by atoms with E-state index in [9.17, 15) is 23.8 Å². The molecule has 0 radical (unpaired) electrons. The summed E-state index contributed by atoms with van der Waals surface area (Å²) in [5, 5.41) is 22.8. The largest absolute Gasteiger partial charge is 0.491 e. The normalized spacial score (nSPS) is 21.0. The van der Waals surface area contributed by atoms with Gasteiger partial charge in [0.1, 0.15) is 24.1 Å². The van der Waals surface area contributed by atoms with Crippen LogP contribution in [-0.2, 0) is 37.6 Å². The number of hydrogen-bond donors (Lipinski definition) is 3. The van der Waals surface area contributed by atoms with E-state index in [2.05, 4.69) is 11.4 Å². The standard InChI is InChI=1S/C32H44F2N2O7/c1-40-11-3-4-22-14-23(16-27(15-22)42-13-12-41-2)19-36(25-6-7-25)31(39)28-18-35-10-9-32(28,43-21-26(38)20-37)24-5-8-29(33)30(34)17-24/h5,8,14-17,25-26,28,35,37-38H,3-4,6-7,9-13,18-21H2,1-2H3. The molecule has 3 unspecified atom stereocenters. The number of amides is 1. The summed E-state index contributed by atoms with van der Waals surface area (Å²) >= 11 is 0. The highest BCUT2D eigenvalue weighted by molar-refractivity contribution is 5.81. The average molecular weight is 607 g/mol. The van der Waals surface area contributed by atoms with Gasteiger partial charge in [-0.3, -0.25) is 4.79 Å². The number of rotatable bonds is 17. The Balaban J connectivity index is 1.66. The molecule has 1 aliphatic carbocycles. The smallest absolute Gasteiger partial charge is 0.230 e. The van der Waals surface area contributed by atoms with Crippen LogP contribution in [0.5, 0.6) is 5.75 Å². The molecule has 1 amide bonds. The molecule has 0 aromatic heterocycles. The first-order valence-electron chi connectivity index (χ1n) is 14.9. The van der Waals surface area contributed by atoms with Crippen molar-refractivity contribution >= 4 is 5.91 Å². The first-order valence-corrected chi connectivity index (χ1v) is 14.9. The number of aliphatic hydroxyl groups excluding tert-OH is 2. The van der Waals surface area contributed by atoms with Crippen LogP contribution >= 0.6 is 0 Å². The van der Waals surface area contributed by atoms with Crippen molar-refractivity contribution in [2.24, 2.45) is 5.92 Å². The van der Waals surface area contributed by atoms with Crippen LogP contribution in [0, 0.1) is 17.6 Å². The number of carbonyl (C=O) groups excluding carboxylic acids is 1. The van der Waals surface area contributed by atoms with Gasteiger partial charge in [-0.15, -0.1) is 0 Å². The third kappa shape index (κ3) is 8.71. The summed E-state index contributed by atoms with van der Waals surface area (Å²) in [5.74, 6) is -2.32. The molecule has 2 fully saturated rings. The maximum atomic E-state index is 14.5. The third-order valence-corrected chi connectivity index (χ3v) is 8.05. The van der Waals surface area contributed by atoms with Crippen LogP contribution in [0.3, 0.4) is 0 Å². The van der Waals surface area contributed by atoms with Crippen LogP contribution in [0.4, 0.5) is 8.78 Å². The second-order valence-corrected chi connectivity index (χ2v) is 11.3. The molecular weight excluding hydrogens is 562 g/mol. The zero-order valence-electron chi connectivity index (χ0n) is 25.0. The Kier molecular flexibility index (Phi) is 12.3. The third-order valence-electron chi connectivity index (χ3n) is 8.05. The molecule has 2 aromatic carbocycles. The fourth-order valence-electron chi connectivity index (χ4n) is 5.69. The van der Waals surface area contributed by atoms with Crippen molar-refractivity contribution in [3.63, 3.8) is 0 Å². The van der Waals surface area contributed by atoms with Crippen LogP contribution in [0.25, 0.3) is 0 Å². The Labute approximate surface area is 252 Å². The lowest BCUT2D eigenvalue weighted by Crippen LogP contribution is -2.57. The van der Waals surface area contributed by atoms with Gasteiger partial charge in [0, 0.05) is 40.0 Å². The van der Waals surface area contributed by atoms with E-state index >= 15 is 0 Å². The summed E-state index contributed by atoms with van der Waals surface area (Å²) in [5.41, 5.74) is 0.973. The average Bonchev–Trinajstić information content (AvgIpc) is 3.85. The maximum Gasteiger partial charge on any atom is 0.230 e. The van der Waals surface area contributed by atoms with E-state index in [1.165, 1.54) is 6.07 Å². The summed E-state index contributed by atoms with van der Waals surface area (Å²) in [6.07, 6.45) is 2.44. The summed E-state index contributed by atoms with van der Waals surface area (Å²) in [7, 11) is 3.29. The molecule has 3 atom stereocenters. The molecule has 3 N–H and O–H groups in total. The monoisotopic (exact) mass is 606 g/mol. The lowest BCUT2D eigenvalue weighted by atomic mass is 9.75. The minimum atomic E-state index is -1.34. The van der Waals surface area contributed by atoms with E-state index in [-0.39, 0.29) is 31.5 Å². The number of carbonyl (C=O) groups is 1. The first-order chi connectivity index (χ1) is 20.8. The Morgan fingerprint density at radius 1 is 1.07 bits per heavy atom. The van der Waals surface area contributed by atoms with E-state index in [4.69, 9.17) is 18.9 Å². The summed E-state index contributed by atoms with van der Waals surface area (Å²) in [4.78, 5) is 16.3. The molecule has 2 aliphatic rings. The summed E-state index contributed by atoms with van der Waals surface area (Å²) in [6, 6.07) is 9.59. The number of aliphatic hydroxyl groups is 2. The van der Waals surface area contributed by atoms with Gasteiger partial charge >= 0.3 is 0 Å². The minimum absolute atomic E-state index is 0.0371. The Bertz CT molecular complexity index is 1170. The van der Waals surface area contributed by atoms with Gasteiger partial charge in [0.25, 0.3) is 0 Å². The number of nitrogens with one attached hydrogen (secondary N) is 1. The van der Waals surface area contributed by atoms with Crippen LogP contribution in [-0.4, -0.2) is 93.5 Å². The van der Waals surface area contributed by atoms with E-state index in [1.54, 1.807) is 14.2 Å². The lowest BCUT2D eigenvalue weighted by molar-refractivity contribution is -0.167. The number of hydrogen-bond acceptors (Lipinski definition) is 8. The highest BCUT2D eigenvalue weighted by Gasteiger charge is 2.50. The van der Waals surface area contributed by atoms with Crippen LogP contribution in [0.2, 0.25) is 0 Å². The molecule has 9 nitrogen and oxygen atoms in total. The van der Waals surface area contributed by atoms with E-state index in [0.717, 1.165) is 48.9 Å². The van der Waals surface area contributed by atoms with Crippen LogP contribution < -0.4 is 10.1 Å². The fourth-order valence-corrected chi connectivity index (χ4v) is 5.69. The topological polar surface area (TPSA) is 110 Å².